The van der Waals surface area contributed by atoms with Gasteiger partial charge in [0.1, 0.15) is 34.5 Å². The molecular weight excluding hydrogens is 707 g/mol. The van der Waals surface area contributed by atoms with E-state index in [0.29, 0.717) is 24.3 Å². The molecule has 4 amide bonds. The lowest BCUT2D eigenvalue weighted by Gasteiger charge is -2.35. The fourth-order valence-corrected chi connectivity index (χ4v) is 9.56. The average molecular weight is 756 g/mol. The number of carbonyl (C=O) groups is 4. The van der Waals surface area contributed by atoms with Crippen LogP contribution in [0.2, 0.25) is 0 Å². The number of nitrogens with one attached hydrogen (secondary N) is 3. The van der Waals surface area contributed by atoms with Gasteiger partial charge in [0, 0.05) is 23.8 Å². The number of thiazole rings is 1. The van der Waals surface area contributed by atoms with E-state index >= 15 is 0 Å². The number of benzene rings is 1. The van der Waals surface area contributed by atoms with Crippen molar-refractivity contribution < 1.29 is 37.1 Å². The van der Waals surface area contributed by atoms with E-state index in [2.05, 4.69) is 21.9 Å². The van der Waals surface area contributed by atoms with E-state index in [9.17, 15) is 27.6 Å². The number of methoxy groups -OCH3 is 1. The molecule has 282 valence electrons. The van der Waals surface area contributed by atoms with Gasteiger partial charge in [0.15, 0.2) is 0 Å². The molecule has 4 aliphatic rings. The SMILES string of the molecule is C=C[C@@H]1C[C@]1(NC(=O)[C@@H]1C[C@@H](c2csc(-c3cc(C)ccc3OC)n2)CN1C(=O)[C@@H](NC(=O)OC1CCCC1)C(C)(C)C)C(=O)NS(=O)(=O)C1CC1. The number of alkyl carbamates (subject to hydrolysis) is 1. The van der Waals surface area contributed by atoms with Crippen molar-refractivity contribution in [2.75, 3.05) is 13.7 Å². The minimum atomic E-state index is -3.88. The fraction of sp³-hybridized carbons (Fsp3) is 0.595. The summed E-state index contributed by atoms with van der Waals surface area (Å²) in [6.45, 7) is 11.4. The summed E-state index contributed by atoms with van der Waals surface area (Å²) in [7, 11) is -2.28. The summed E-state index contributed by atoms with van der Waals surface area (Å²) >= 11 is 1.43. The van der Waals surface area contributed by atoms with Gasteiger partial charge in [0.05, 0.1) is 23.6 Å². The van der Waals surface area contributed by atoms with E-state index in [-0.39, 0.29) is 31.4 Å². The van der Waals surface area contributed by atoms with Crippen LogP contribution in [0.4, 0.5) is 4.79 Å². The second kappa shape index (κ2) is 14.4. The first-order valence-electron chi connectivity index (χ1n) is 17.9. The van der Waals surface area contributed by atoms with Crippen LogP contribution in [-0.2, 0) is 29.1 Å². The van der Waals surface area contributed by atoms with Crippen LogP contribution in [0.1, 0.15) is 89.3 Å². The number of hydrogen-bond acceptors (Lipinski definition) is 10. The molecule has 0 bridgehead atoms. The number of rotatable bonds is 12. The summed E-state index contributed by atoms with van der Waals surface area (Å²) in [5, 5.41) is 7.65. The number of hydrogen-bond donors (Lipinski definition) is 3. The monoisotopic (exact) mass is 755 g/mol. The molecule has 2 heterocycles. The quantitative estimate of drug-likeness (QED) is 0.263. The van der Waals surface area contributed by atoms with Gasteiger partial charge in [-0.15, -0.1) is 17.9 Å². The summed E-state index contributed by atoms with van der Waals surface area (Å²) in [5.74, 6) is -2.07. The van der Waals surface area contributed by atoms with Gasteiger partial charge < -0.3 is 25.0 Å². The second-order valence-corrected chi connectivity index (χ2v) is 18.5. The molecule has 4 fully saturated rings. The third-order valence-electron chi connectivity index (χ3n) is 10.6. The lowest BCUT2D eigenvalue weighted by Crippen LogP contribution is -2.60. The number of nitrogens with zero attached hydrogens (tertiary/aromatic N) is 2. The van der Waals surface area contributed by atoms with E-state index in [1.54, 1.807) is 7.11 Å². The third kappa shape index (κ3) is 7.85. The normalized spacial score (nSPS) is 25.2. The van der Waals surface area contributed by atoms with Crippen LogP contribution in [0.25, 0.3) is 10.6 Å². The van der Waals surface area contributed by atoms with Crippen LogP contribution < -0.4 is 20.1 Å². The number of carbonyl (C=O) groups excluding carboxylic acids is 4. The van der Waals surface area contributed by atoms with Gasteiger partial charge >= 0.3 is 6.09 Å². The number of ether oxygens (including phenoxy) is 2. The van der Waals surface area contributed by atoms with Crippen LogP contribution >= 0.6 is 11.3 Å². The first-order valence-corrected chi connectivity index (χ1v) is 20.4. The van der Waals surface area contributed by atoms with Crippen LogP contribution in [0, 0.1) is 18.3 Å². The molecule has 3 N–H and O–H groups in total. The Hall–Kier alpha value is -3.98. The molecule has 3 saturated carbocycles. The molecule has 15 heteroatoms. The van der Waals surface area contributed by atoms with Crippen molar-refractivity contribution in [3.8, 4) is 16.3 Å². The van der Waals surface area contributed by atoms with Crippen molar-refractivity contribution in [2.45, 2.75) is 114 Å². The van der Waals surface area contributed by atoms with Crippen molar-refractivity contribution in [3.05, 3.63) is 47.5 Å². The Labute approximate surface area is 309 Å². The van der Waals surface area contributed by atoms with Gasteiger partial charge in [-0.3, -0.25) is 19.1 Å². The van der Waals surface area contributed by atoms with Gasteiger partial charge in [-0.2, -0.15) is 0 Å². The highest BCUT2D eigenvalue weighted by atomic mass is 32.2. The zero-order valence-electron chi connectivity index (χ0n) is 30.4. The summed E-state index contributed by atoms with van der Waals surface area (Å²) < 4.78 is 38.8. The summed E-state index contributed by atoms with van der Waals surface area (Å²) in [4.78, 5) is 61.9. The maximum Gasteiger partial charge on any atom is 0.408 e. The maximum absolute atomic E-state index is 14.6. The number of aromatic nitrogens is 1. The highest BCUT2D eigenvalue weighted by Gasteiger charge is 2.62. The van der Waals surface area contributed by atoms with Crippen molar-refractivity contribution in [3.63, 3.8) is 0 Å². The predicted octanol–water partition coefficient (Wildman–Crippen LogP) is 4.56. The van der Waals surface area contributed by atoms with Gasteiger partial charge in [0.2, 0.25) is 21.8 Å². The van der Waals surface area contributed by atoms with E-state index in [4.69, 9.17) is 14.5 Å². The van der Waals surface area contributed by atoms with Crippen LogP contribution in [-0.4, -0.2) is 84.7 Å². The molecule has 2 aromatic rings. The zero-order chi connectivity index (χ0) is 37.6. The summed E-state index contributed by atoms with van der Waals surface area (Å²) in [6, 6.07) is 3.74. The Kier molecular flexibility index (Phi) is 10.5. The van der Waals surface area contributed by atoms with E-state index in [1.807, 2.05) is 51.3 Å². The Bertz CT molecular complexity index is 1850. The Morgan fingerprint density at radius 2 is 1.85 bits per heavy atom. The van der Waals surface area contributed by atoms with Crippen LogP contribution in [0.5, 0.6) is 5.75 Å². The highest BCUT2D eigenvalue weighted by Crippen LogP contribution is 2.46. The minimum Gasteiger partial charge on any atom is -0.496 e. The van der Waals surface area contributed by atoms with Crippen molar-refractivity contribution in [1.82, 2.24) is 25.2 Å². The van der Waals surface area contributed by atoms with Gasteiger partial charge in [-0.1, -0.05) is 38.5 Å². The van der Waals surface area contributed by atoms with Crippen molar-refractivity contribution in [1.29, 1.82) is 0 Å². The lowest BCUT2D eigenvalue weighted by atomic mass is 9.85. The Morgan fingerprint density at radius 1 is 1.13 bits per heavy atom. The van der Waals surface area contributed by atoms with Gasteiger partial charge in [0.25, 0.3) is 5.91 Å². The first kappa shape index (κ1) is 37.8. The van der Waals surface area contributed by atoms with Gasteiger partial charge in [-0.25, -0.2) is 18.2 Å². The molecule has 6 rings (SSSR count). The van der Waals surface area contributed by atoms with Crippen LogP contribution in [0.3, 0.4) is 0 Å². The topological polar surface area (TPSA) is 173 Å². The third-order valence-corrected chi connectivity index (χ3v) is 13.3. The molecule has 1 saturated heterocycles. The Morgan fingerprint density at radius 3 is 2.46 bits per heavy atom. The highest BCUT2D eigenvalue weighted by molar-refractivity contribution is 7.91. The number of sulfonamides is 1. The van der Waals surface area contributed by atoms with E-state index in [1.165, 1.54) is 22.3 Å². The molecule has 1 aromatic carbocycles. The lowest BCUT2D eigenvalue weighted by molar-refractivity contribution is -0.142. The molecule has 0 unspecified atom stereocenters. The zero-order valence-corrected chi connectivity index (χ0v) is 32.0. The maximum atomic E-state index is 14.6. The van der Waals surface area contributed by atoms with Crippen molar-refractivity contribution >= 4 is 45.2 Å². The Balaban J connectivity index is 1.28. The number of likely N-dealkylation sites (tertiary alicyclic amines) is 1. The van der Waals surface area contributed by atoms with E-state index < -0.39 is 68.0 Å². The molecule has 0 spiro atoms. The molecular formula is C37H49N5O8S2. The number of aryl methyl sites for hydroxylation is 1. The molecule has 3 aliphatic carbocycles. The second-order valence-electron chi connectivity index (χ2n) is 15.7. The largest absolute Gasteiger partial charge is 0.496 e. The molecule has 5 atom stereocenters. The molecule has 0 radical (unpaired) electrons. The first-order chi connectivity index (χ1) is 24.6. The standard InChI is InChI=1S/C37H49N5O8S2/c1-7-23-18-37(23,34(45)41-52(47,48)25-13-14-25)40-31(43)28-17-22(27-20-51-32(38-27)26-16-21(2)12-15-29(26)49-6)19-42(28)33(44)30(36(3,4)5)39-35(46)50-24-10-8-9-11-24/h7,12,15-16,20,22-25,28,30H,1,8-11,13-14,17-19H2,2-6H3,(H,39,46)(H,40,43)(H,41,45)/t22-,23-,28+,30-,37-/m1/s1. The number of amides is 4. The van der Waals surface area contributed by atoms with Crippen LogP contribution in [0.15, 0.2) is 36.2 Å². The van der Waals surface area contributed by atoms with Crippen molar-refractivity contribution in [2.24, 2.45) is 11.3 Å². The minimum absolute atomic E-state index is 0.122. The molecule has 52 heavy (non-hydrogen) atoms. The fourth-order valence-electron chi connectivity index (χ4n) is 7.27. The molecule has 1 aromatic heterocycles. The smallest absolute Gasteiger partial charge is 0.408 e. The summed E-state index contributed by atoms with van der Waals surface area (Å²) in [5.41, 5.74) is 0.278. The van der Waals surface area contributed by atoms with E-state index in [0.717, 1.165) is 41.8 Å². The molecule has 1 aliphatic heterocycles. The average Bonchev–Trinajstić information content (AvgIpc) is 3.85. The predicted molar refractivity (Wildman–Crippen MR) is 196 cm³/mol. The summed E-state index contributed by atoms with van der Waals surface area (Å²) in [6.07, 6.45) is 5.41. The molecule has 13 nitrogen and oxygen atoms in total. The van der Waals surface area contributed by atoms with Gasteiger partial charge in [-0.05, 0) is 75.8 Å².